The first-order chi connectivity index (χ1) is 23.5. The molecule has 0 spiro atoms. The number of ether oxygens (including phenoxy) is 5. The molecule has 0 saturated heterocycles. The number of amides is 2. The molecule has 0 aliphatic rings. The highest BCUT2D eigenvalue weighted by Crippen LogP contribution is 2.33. The third kappa shape index (κ3) is 16.3. The zero-order valence-corrected chi connectivity index (χ0v) is 29.5. The topological polar surface area (TPSA) is 138 Å². The number of carbonyl (C=O) groups is 4. The van der Waals surface area contributed by atoms with Gasteiger partial charge in [0.2, 0.25) is 0 Å². The lowest BCUT2D eigenvalue weighted by Gasteiger charge is -2.24. The minimum atomic E-state index is -0.913. The van der Waals surface area contributed by atoms with Gasteiger partial charge in [0, 0.05) is 11.8 Å². The van der Waals surface area contributed by atoms with Crippen molar-refractivity contribution in [1.29, 1.82) is 0 Å². The summed E-state index contributed by atoms with van der Waals surface area (Å²) < 4.78 is 26.9. The fraction of sp³-hybridized carbons (Fsp3) is 0.405. The maximum atomic E-state index is 12.7. The second-order valence-electron chi connectivity index (χ2n) is 12.2. The van der Waals surface area contributed by atoms with Crippen LogP contribution in [-0.2, 0) is 48.2 Å². The van der Waals surface area contributed by atoms with Gasteiger partial charge in [-0.3, -0.25) is 4.79 Å². The third-order valence-electron chi connectivity index (χ3n) is 7.18. The molecule has 0 aromatic heterocycles. The van der Waals surface area contributed by atoms with Gasteiger partial charge in [0.1, 0.15) is 25.0 Å². The van der Waals surface area contributed by atoms with Gasteiger partial charge in [-0.15, -0.1) is 0 Å². The number of alkyl carbamates (subject to hydrolysis) is 2. The Kier molecular flexibility index (Phi) is 16.3. The van der Waals surface area contributed by atoms with Crippen molar-refractivity contribution in [1.82, 2.24) is 10.6 Å². The maximum Gasteiger partial charge on any atom is 0.407 e. The largest absolute Gasteiger partial charge is 0.494 e. The normalized spacial score (nSPS) is 12.5. The van der Waals surface area contributed by atoms with E-state index < -0.39 is 46.2 Å². The molecular weight excluding hydrogens is 648 g/mol. The SMILES string of the molecule is COC(=O)N[C@@H](CCCOc1cccc(C[C@@H](CC(=O)OCCS(C)(C)C)NC(=O)OCc2ccccc2)c1)C(=O)OCc1ccccc1. The number of hydrogen-bond acceptors (Lipinski definition) is 9. The van der Waals surface area contributed by atoms with Crippen molar-refractivity contribution < 1.29 is 42.9 Å². The lowest BCUT2D eigenvalue weighted by molar-refractivity contribution is -0.147. The zero-order chi connectivity index (χ0) is 35.5. The Balaban J connectivity index is 1.56. The lowest BCUT2D eigenvalue weighted by atomic mass is 10.0. The molecule has 0 heterocycles. The molecule has 49 heavy (non-hydrogen) atoms. The molecule has 11 nitrogen and oxygen atoms in total. The molecule has 0 unspecified atom stereocenters. The van der Waals surface area contributed by atoms with Crippen molar-refractivity contribution in [3.05, 3.63) is 102 Å². The van der Waals surface area contributed by atoms with Gasteiger partial charge in [-0.25, -0.2) is 24.4 Å². The fourth-order valence-corrected chi connectivity index (χ4v) is 5.16. The lowest BCUT2D eigenvalue weighted by Crippen LogP contribution is -2.42. The first-order valence-electron chi connectivity index (χ1n) is 16.1. The predicted molar refractivity (Wildman–Crippen MR) is 190 cm³/mol. The molecule has 0 saturated carbocycles. The number of esters is 2. The van der Waals surface area contributed by atoms with E-state index in [4.69, 9.17) is 18.9 Å². The number of methoxy groups -OCH3 is 1. The van der Waals surface area contributed by atoms with E-state index in [2.05, 4.69) is 34.1 Å². The fourth-order valence-electron chi connectivity index (χ4n) is 4.57. The Morgan fingerprint density at radius 2 is 1.35 bits per heavy atom. The summed E-state index contributed by atoms with van der Waals surface area (Å²) in [5.74, 6) is 0.392. The summed E-state index contributed by atoms with van der Waals surface area (Å²) in [6, 6.07) is 24.4. The van der Waals surface area contributed by atoms with Crippen LogP contribution in [0.1, 0.15) is 36.0 Å². The predicted octanol–water partition coefficient (Wildman–Crippen LogP) is 5.78. The Hall–Kier alpha value is -4.71. The molecule has 0 bridgehead atoms. The Labute approximate surface area is 290 Å². The van der Waals surface area contributed by atoms with Gasteiger partial charge >= 0.3 is 24.1 Å². The Bertz CT molecular complexity index is 1470. The van der Waals surface area contributed by atoms with Crippen molar-refractivity contribution >= 4 is 34.2 Å². The van der Waals surface area contributed by atoms with Crippen LogP contribution in [0.5, 0.6) is 5.75 Å². The third-order valence-corrected chi connectivity index (χ3v) is 8.57. The molecular formula is C37H48N2O9S. The highest BCUT2D eigenvalue weighted by molar-refractivity contribution is 8.32. The minimum absolute atomic E-state index is 0.0278. The number of benzene rings is 3. The quantitative estimate of drug-likeness (QED) is 0.0908. The highest BCUT2D eigenvalue weighted by atomic mass is 32.3. The van der Waals surface area contributed by atoms with Crippen LogP contribution in [0.15, 0.2) is 84.9 Å². The zero-order valence-electron chi connectivity index (χ0n) is 28.7. The van der Waals surface area contributed by atoms with E-state index in [1.165, 1.54) is 7.11 Å². The number of rotatable bonds is 19. The molecule has 0 aliphatic heterocycles. The monoisotopic (exact) mass is 696 g/mol. The summed E-state index contributed by atoms with van der Waals surface area (Å²) >= 11 is 0. The number of carbonyl (C=O) groups excluding carboxylic acids is 4. The molecule has 3 aromatic carbocycles. The molecule has 3 aromatic rings. The van der Waals surface area contributed by atoms with Gasteiger partial charge in [0.25, 0.3) is 0 Å². The Morgan fingerprint density at radius 3 is 1.98 bits per heavy atom. The van der Waals surface area contributed by atoms with E-state index in [-0.39, 0.29) is 32.7 Å². The average Bonchev–Trinajstić information content (AvgIpc) is 3.08. The van der Waals surface area contributed by atoms with Crippen molar-refractivity contribution in [2.75, 3.05) is 44.8 Å². The van der Waals surface area contributed by atoms with Crippen LogP contribution in [0.4, 0.5) is 9.59 Å². The van der Waals surface area contributed by atoms with E-state index in [0.717, 1.165) is 22.4 Å². The van der Waals surface area contributed by atoms with Crippen molar-refractivity contribution in [2.45, 2.75) is 51.0 Å². The Morgan fingerprint density at radius 1 is 0.714 bits per heavy atom. The number of hydrogen-bond donors (Lipinski definition) is 2. The van der Waals surface area contributed by atoms with Crippen molar-refractivity contribution in [2.24, 2.45) is 0 Å². The van der Waals surface area contributed by atoms with E-state index in [0.29, 0.717) is 25.2 Å². The van der Waals surface area contributed by atoms with E-state index in [1.807, 2.05) is 78.9 Å². The van der Waals surface area contributed by atoms with E-state index in [1.54, 1.807) is 6.07 Å². The molecule has 2 atom stereocenters. The molecule has 12 heteroatoms. The average molecular weight is 697 g/mol. The molecule has 0 aliphatic carbocycles. The van der Waals surface area contributed by atoms with Crippen molar-refractivity contribution in [3.63, 3.8) is 0 Å². The summed E-state index contributed by atoms with van der Waals surface area (Å²) in [5, 5.41) is 5.35. The van der Waals surface area contributed by atoms with E-state index in [9.17, 15) is 19.2 Å². The standard InChI is InChI=1S/C37H48N2O9S/c1-44-36(42)39-33(35(41)47-26-28-13-7-5-8-14-28)19-12-20-45-32-18-11-17-30(24-32)23-31(25-34(40)46-21-22-49(2,3)4)38-37(43)48-27-29-15-9-6-10-16-29/h5-11,13-18,24,31,33H,12,19-23,25-27H2,1-4H3,(H,38,43)(H,39,42)/t31-,33-/m0/s1. The van der Waals surface area contributed by atoms with Gasteiger partial charge in [0.05, 0.1) is 26.7 Å². The summed E-state index contributed by atoms with van der Waals surface area (Å²) in [4.78, 5) is 50.1. The second kappa shape index (κ2) is 20.6. The van der Waals surface area contributed by atoms with Crippen LogP contribution >= 0.6 is 10.0 Å². The summed E-state index contributed by atoms with van der Waals surface area (Å²) in [5.41, 5.74) is 2.50. The first-order valence-corrected chi connectivity index (χ1v) is 19.1. The van der Waals surface area contributed by atoms with Crippen LogP contribution in [-0.4, -0.2) is 81.1 Å². The van der Waals surface area contributed by atoms with Crippen LogP contribution in [0.2, 0.25) is 0 Å². The van der Waals surface area contributed by atoms with Gasteiger partial charge in [0.15, 0.2) is 0 Å². The molecule has 0 fully saturated rings. The minimum Gasteiger partial charge on any atom is -0.494 e. The molecule has 0 radical (unpaired) electrons. The second-order valence-corrected chi connectivity index (χ2v) is 16.8. The van der Waals surface area contributed by atoms with Gasteiger partial charge in [-0.1, -0.05) is 72.8 Å². The van der Waals surface area contributed by atoms with E-state index >= 15 is 0 Å². The first kappa shape index (κ1) is 38.7. The number of nitrogens with one attached hydrogen (secondary N) is 2. The van der Waals surface area contributed by atoms with Crippen LogP contribution < -0.4 is 15.4 Å². The van der Waals surface area contributed by atoms with Crippen molar-refractivity contribution in [3.8, 4) is 5.75 Å². The highest BCUT2D eigenvalue weighted by Gasteiger charge is 2.23. The van der Waals surface area contributed by atoms with Crippen LogP contribution in [0, 0.1) is 0 Å². The summed E-state index contributed by atoms with van der Waals surface area (Å²) in [7, 11) is 0.404. The van der Waals surface area contributed by atoms with Gasteiger partial charge in [-0.05, 0) is 66.9 Å². The van der Waals surface area contributed by atoms with Gasteiger partial charge < -0.3 is 34.3 Å². The maximum absolute atomic E-state index is 12.7. The molecule has 2 amide bonds. The van der Waals surface area contributed by atoms with Crippen LogP contribution in [0.25, 0.3) is 0 Å². The summed E-state index contributed by atoms with van der Waals surface area (Å²) in [6.45, 7) is 0.762. The van der Waals surface area contributed by atoms with Gasteiger partial charge in [-0.2, -0.15) is 0 Å². The summed E-state index contributed by atoms with van der Waals surface area (Å²) in [6.07, 6.45) is 6.09. The molecule has 2 N–H and O–H groups in total. The molecule has 266 valence electrons. The van der Waals surface area contributed by atoms with Crippen LogP contribution in [0.3, 0.4) is 0 Å². The smallest absolute Gasteiger partial charge is 0.407 e. The molecule has 3 rings (SSSR count).